The maximum Gasteiger partial charge on any atom is 0.416 e. The van der Waals surface area contributed by atoms with Gasteiger partial charge in [0.25, 0.3) is 5.91 Å². The molecule has 208 valence electrons. The number of nitrogens with one attached hydrogen (secondary N) is 1. The van der Waals surface area contributed by atoms with Gasteiger partial charge in [0.1, 0.15) is 11.7 Å². The topological polar surface area (TPSA) is 74.8 Å². The van der Waals surface area contributed by atoms with Crippen LogP contribution < -0.4 is 10.2 Å². The number of carbonyl (C=O) groups excluding carboxylic acids is 2. The number of carbonyl (C=O) groups is 2. The van der Waals surface area contributed by atoms with Gasteiger partial charge in [0.2, 0.25) is 0 Å². The molecule has 3 heterocycles. The van der Waals surface area contributed by atoms with Crippen LogP contribution in [0.4, 0.5) is 18.9 Å². The summed E-state index contributed by atoms with van der Waals surface area (Å²) in [6.45, 7) is 4.25. The second-order valence-electron chi connectivity index (χ2n) is 9.85. The molecule has 40 heavy (non-hydrogen) atoms. The van der Waals surface area contributed by atoms with Gasteiger partial charge in [-0.3, -0.25) is 19.5 Å². The monoisotopic (exact) mass is 550 g/mol. The SMILES string of the molecule is CC1=C(CN2CCN(c3cccc(C(F)(F)F)c3)CC2)C(=O)C(c2ccccc2)C(NC(=O)c2ccncc2)O1. The first-order chi connectivity index (χ1) is 19.2. The number of hydrogen-bond acceptors (Lipinski definition) is 6. The Morgan fingerprint density at radius 1 is 1.00 bits per heavy atom. The van der Waals surface area contributed by atoms with Gasteiger partial charge in [-0.25, -0.2) is 0 Å². The summed E-state index contributed by atoms with van der Waals surface area (Å²) in [7, 11) is 0. The Balaban J connectivity index is 1.30. The van der Waals surface area contributed by atoms with Crippen molar-refractivity contribution in [2.24, 2.45) is 0 Å². The maximum atomic E-state index is 13.9. The van der Waals surface area contributed by atoms with Crippen LogP contribution in [0.15, 0.2) is 90.5 Å². The number of alkyl halides is 3. The highest BCUT2D eigenvalue weighted by Crippen LogP contribution is 2.34. The normalized spacial score (nSPS) is 20.3. The van der Waals surface area contributed by atoms with Crippen LogP contribution in [0, 0.1) is 0 Å². The first-order valence-electron chi connectivity index (χ1n) is 13.0. The molecule has 0 radical (unpaired) electrons. The third-order valence-corrected chi connectivity index (χ3v) is 7.28. The summed E-state index contributed by atoms with van der Waals surface area (Å²) in [4.78, 5) is 34.8. The number of benzene rings is 2. The fourth-order valence-corrected chi connectivity index (χ4v) is 5.10. The number of rotatable bonds is 6. The molecule has 1 aromatic heterocycles. The van der Waals surface area contributed by atoms with Gasteiger partial charge in [-0.05, 0) is 42.8 Å². The number of Topliss-reactive ketones (excluding diaryl/α,β-unsaturated/α-hetero) is 1. The van der Waals surface area contributed by atoms with Crippen molar-refractivity contribution in [3.05, 3.63) is 107 Å². The van der Waals surface area contributed by atoms with Crippen LogP contribution in [0.3, 0.4) is 0 Å². The summed E-state index contributed by atoms with van der Waals surface area (Å²) < 4.78 is 45.7. The lowest BCUT2D eigenvalue weighted by Crippen LogP contribution is -2.50. The lowest BCUT2D eigenvalue weighted by atomic mass is 9.86. The van der Waals surface area contributed by atoms with Gasteiger partial charge in [0.15, 0.2) is 12.0 Å². The van der Waals surface area contributed by atoms with E-state index in [0.29, 0.717) is 55.3 Å². The van der Waals surface area contributed by atoms with Crippen LogP contribution in [-0.4, -0.2) is 60.5 Å². The molecule has 0 aliphatic carbocycles. The van der Waals surface area contributed by atoms with Crippen molar-refractivity contribution >= 4 is 17.4 Å². The molecule has 1 N–H and O–H groups in total. The van der Waals surface area contributed by atoms with E-state index in [0.717, 1.165) is 11.6 Å². The van der Waals surface area contributed by atoms with Crippen LogP contribution in [0.25, 0.3) is 0 Å². The first kappa shape index (κ1) is 27.4. The molecule has 1 saturated heterocycles. The van der Waals surface area contributed by atoms with E-state index in [1.807, 2.05) is 35.2 Å². The van der Waals surface area contributed by atoms with E-state index in [9.17, 15) is 22.8 Å². The highest BCUT2D eigenvalue weighted by molar-refractivity contribution is 6.03. The zero-order valence-electron chi connectivity index (χ0n) is 21.9. The minimum atomic E-state index is -4.39. The zero-order chi connectivity index (χ0) is 28.3. The number of allylic oxidation sites excluding steroid dienone is 1. The molecule has 7 nitrogen and oxygen atoms in total. The molecule has 0 spiro atoms. The van der Waals surface area contributed by atoms with Crippen molar-refractivity contribution in [3.63, 3.8) is 0 Å². The Morgan fingerprint density at radius 2 is 1.70 bits per heavy atom. The third kappa shape index (κ3) is 6.02. The number of aromatic nitrogens is 1. The van der Waals surface area contributed by atoms with E-state index in [1.165, 1.54) is 24.5 Å². The average molecular weight is 551 g/mol. The summed E-state index contributed by atoms with van der Waals surface area (Å²) in [5.41, 5.74) is 1.51. The highest BCUT2D eigenvalue weighted by atomic mass is 19.4. The number of anilines is 1. The van der Waals surface area contributed by atoms with Crippen LogP contribution >= 0.6 is 0 Å². The highest BCUT2D eigenvalue weighted by Gasteiger charge is 2.40. The van der Waals surface area contributed by atoms with Crippen molar-refractivity contribution in [2.75, 3.05) is 37.6 Å². The van der Waals surface area contributed by atoms with E-state index in [1.54, 1.807) is 25.1 Å². The molecule has 1 amide bonds. The van der Waals surface area contributed by atoms with E-state index in [-0.39, 0.29) is 11.7 Å². The molecule has 2 aliphatic rings. The molecular weight excluding hydrogens is 521 g/mol. The van der Waals surface area contributed by atoms with Crippen LogP contribution in [0.2, 0.25) is 0 Å². The van der Waals surface area contributed by atoms with Gasteiger partial charge in [0.05, 0.1) is 5.56 Å². The molecule has 10 heteroatoms. The predicted molar refractivity (Wildman–Crippen MR) is 144 cm³/mol. The summed E-state index contributed by atoms with van der Waals surface area (Å²) in [5, 5.41) is 2.86. The third-order valence-electron chi connectivity index (χ3n) is 7.28. The molecule has 5 rings (SSSR count). The first-order valence-corrected chi connectivity index (χ1v) is 13.0. The summed E-state index contributed by atoms with van der Waals surface area (Å²) in [6.07, 6.45) is -2.25. The number of amides is 1. The molecule has 2 aliphatic heterocycles. The van der Waals surface area contributed by atoms with E-state index >= 15 is 0 Å². The van der Waals surface area contributed by atoms with Crippen LogP contribution in [0.5, 0.6) is 0 Å². The zero-order valence-corrected chi connectivity index (χ0v) is 21.9. The molecule has 2 aromatic carbocycles. The summed E-state index contributed by atoms with van der Waals surface area (Å²) >= 11 is 0. The molecule has 1 fully saturated rings. The van der Waals surface area contributed by atoms with Gasteiger partial charge < -0.3 is 15.0 Å². The number of ketones is 1. The van der Waals surface area contributed by atoms with Crippen molar-refractivity contribution in [1.82, 2.24) is 15.2 Å². The smallest absolute Gasteiger partial charge is 0.416 e. The van der Waals surface area contributed by atoms with Crippen molar-refractivity contribution in [3.8, 4) is 0 Å². The van der Waals surface area contributed by atoms with Crippen LogP contribution in [0.1, 0.15) is 34.3 Å². The van der Waals surface area contributed by atoms with Gasteiger partial charge in [0, 0.05) is 61.9 Å². The molecule has 0 bridgehead atoms. The summed E-state index contributed by atoms with van der Waals surface area (Å²) in [6, 6.07) is 17.7. The summed E-state index contributed by atoms with van der Waals surface area (Å²) in [5.74, 6) is -0.798. The average Bonchev–Trinajstić information content (AvgIpc) is 2.96. The molecular formula is C30H29F3N4O3. The number of nitrogens with zero attached hydrogens (tertiary/aromatic N) is 3. The largest absolute Gasteiger partial charge is 0.474 e. The maximum absolute atomic E-state index is 13.9. The molecule has 2 unspecified atom stereocenters. The lowest BCUT2D eigenvalue weighted by molar-refractivity contribution is -0.137. The second kappa shape index (κ2) is 11.5. The van der Waals surface area contributed by atoms with E-state index in [4.69, 9.17) is 4.74 Å². The fourth-order valence-electron chi connectivity index (χ4n) is 5.10. The van der Waals surface area contributed by atoms with Gasteiger partial charge in [-0.1, -0.05) is 36.4 Å². The number of hydrogen-bond donors (Lipinski definition) is 1. The number of pyridine rings is 1. The Hall–Kier alpha value is -4.18. The lowest BCUT2D eigenvalue weighted by Gasteiger charge is -2.39. The molecule has 2 atom stereocenters. The quantitative estimate of drug-likeness (QED) is 0.482. The van der Waals surface area contributed by atoms with Crippen LogP contribution in [-0.2, 0) is 15.7 Å². The van der Waals surface area contributed by atoms with E-state index in [2.05, 4.69) is 15.2 Å². The fraction of sp³-hybridized carbons (Fsp3) is 0.300. The van der Waals surface area contributed by atoms with E-state index < -0.39 is 23.9 Å². The number of halogens is 3. The number of piperazine rings is 1. The number of ether oxygens (including phenoxy) is 1. The Labute approximate surface area is 230 Å². The standard InChI is InChI=1S/C30H29F3N4O3/c1-20-25(19-36-14-16-37(17-15-36)24-9-5-8-23(18-24)30(31,32)33)27(38)26(21-6-3-2-4-7-21)29(40-20)35-28(39)22-10-12-34-13-11-22/h2-13,18,26,29H,14-17,19H2,1H3,(H,35,39). The minimum Gasteiger partial charge on any atom is -0.474 e. The molecule has 0 saturated carbocycles. The molecule has 3 aromatic rings. The minimum absolute atomic E-state index is 0.129. The predicted octanol–water partition coefficient (Wildman–Crippen LogP) is 4.64. The Kier molecular flexibility index (Phi) is 7.88. The Bertz CT molecular complexity index is 1390. The van der Waals surface area contributed by atoms with Crippen molar-refractivity contribution in [2.45, 2.75) is 25.2 Å². The van der Waals surface area contributed by atoms with Gasteiger partial charge in [-0.2, -0.15) is 13.2 Å². The Morgan fingerprint density at radius 3 is 2.38 bits per heavy atom. The van der Waals surface area contributed by atoms with Gasteiger partial charge >= 0.3 is 6.18 Å². The van der Waals surface area contributed by atoms with Gasteiger partial charge in [-0.15, -0.1) is 0 Å². The second-order valence-corrected chi connectivity index (χ2v) is 9.85. The van der Waals surface area contributed by atoms with Crippen molar-refractivity contribution in [1.29, 1.82) is 0 Å². The van der Waals surface area contributed by atoms with Crippen molar-refractivity contribution < 1.29 is 27.5 Å².